The molecule has 0 N–H and O–H groups in total. The number of hydrogen-bond donors (Lipinski definition) is 0. The number of nitrogens with zero attached hydrogens (tertiary/aromatic N) is 2. The average Bonchev–Trinajstić information content (AvgIpc) is 2.74. The summed E-state index contributed by atoms with van der Waals surface area (Å²) in [6.45, 7) is 1.81. The van der Waals surface area contributed by atoms with E-state index in [1.807, 2.05) is 31.2 Å². The molecule has 0 atom stereocenters. The standard InChI is InChI=1S/C15H11ClN2O/c1-10-17-13-8-4-5-9-14(13)18(10)15(19)11-6-2-3-7-12(11)16/h2-9H,1H3. The average molecular weight is 271 g/mol. The molecule has 3 rings (SSSR count). The van der Waals surface area contributed by atoms with Gasteiger partial charge >= 0.3 is 0 Å². The van der Waals surface area contributed by atoms with Crippen LogP contribution in [0.5, 0.6) is 0 Å². The predicted molar refractivity (Wildman–Crippen MR) is 75.7 cm³/mol. The fourth-order valence-electron chi connectivity index (χ4n) is 2.16. The smallest absolute Gasteiger partial charge is 0.265 e. The van der Waals surface area contributed by atoms with E-state index >= 15 is 0 Å². The fourth-order valence-corrected chi connectivity index (χ4v) is 2.37. The Balaban J connectivity index is 2.23. The molecule has 0 saturated heterocycles. The van der Waals surface area contributed by atoms with Gasteiger partial charge in [0.15, 0.2) is 0 Å². The van der Waals surface area contributed by atoms with Gasteiger partial charge in [-0.3, -0.25) is 9.36 Å². The molecule has 2 aromatic carbocycles. The number of fused-ring (bicyclic) bond motifs is 1. The number of halogens is 1. The van der Waals surface area contributed by atoms with E-state index in [-0.39, 0.29) is 5.91 Å². The van der Waals surface area contributed by atoms with Crippen LogP contribution < -0.4 is 0 Å². The number of aromatic nitrogens is 2. The molecule has 0 aliphatic heterocycles. The largest absolute Gasteiger partial charge is 0.268 e. The first-order valence-electron chi connectivity index (χ1n) is 5.92. The summed E-state index contributed by atoms with van der Waals surface area (Å²) in [7, 11) is 0. The van der Waals surface area contributed by atoms with E-state index in [4.69, 9.17) is 11.6 Å². The Bertz CT molecular complexity index is 777. The summed E-state index contributed by atoms with van der Waals surface area (Å²) < 4.78 is 1.59. The monoisotopic (exact) mass is 270 g/mol. The van der Waals surface area contributed by atoms with Crippen molar-refractivity contribution < 1.29 is 4.79 Å². The molecular formula is C15H11ClN2O. The molecule has 1 aromatic heterocycles. The number of imidazole rings is 1. The normalized spacial score (nSPS) is 10.8. The Hall–Kier alpha value is -2.13. The molecule has 0 saturated carbocycles. The van der Waals surface area contributed by atoms with E-state index in [0.717, 1.165) is 11.0 Å². The highest BCUT2D eigenvalue weighted by Crippen LogP contribution is 2.21. The highest BCUT2D eigenvalue weighted by atomic mass is 35.5. The number of rotatable bonds is 1. The SMILES string of the molecule is Cc1nc2ccccc2n1C(=O)c1ccccc1Cl. The third kappa shape index (κ3) is 1.92. The molecule has 3 aromatic rings. The molecule has 3 nitrogen and oxygen atoms in total. The van der Waals surface area contributed by atoms with E-state index in [9.17, 15) is 4.79 Å². The first-order chi connectivity index (χ1) is 9.18. The first kappa shape index (κ1) is 11.9. The van der Waals surface area contributed by atoms with Crippen LogP contribution in [0.1, 0.15) is 16.2 Å². The summed E-state index contributed by atoms with van der Waals surface area (Å²) in [5.74, 6) is 0.503. The minimum atomic E-state index is -0.156. The molecule has 0 aliphatic carbocycles. The zero-order valence-corrected chi connectivity index (χ0v) is 11.1. The predicted octanol–water partition coefficient (Wildman–Crippen LogP) is 3.69. The number of benzene rings is 2. The topological polar surface area (TPSA) is 34.9 Å². The quantitative estimate of drug-likeness (QED) is 0.676. The molecule has 0 bridgehead atoms. The van der Waals surface area contributed by atoms with E-state index < -0.39 is 0 Å². The molecule has 0 aliphatic rings. The lowest BCUT2D eigenvalue weighted by Gasteiger charge is -2.06. The lowest BCUT2D eigenvalue weighted by atomic mass is 10.2. The Morgan fingerprint density at radius 3 is 2.58 bits per heavy atom. The van der Waals surface area contributed by atoms with Crippen LogP contribution in [-0.2, 0) is 0 Å². The number of carbonyl (C=O) groups excluding carboxylic acids is 1. The van der Waals surface area contributed by atoms with Gasteiger partial charge in [-0.1, -0.05) is 35.9 Å². The van der Waals surface area contributed by atoms with Gasteiger partial charge in [-0.25, -0.2) is 4.98 Å². The highest BCUT2D eigenvalue weighted by Gasteiger charge is 2.17. The van der Waals surface area contributed by atoms with Gasteiger partial charge in [-0.2, -0.15) is 0 Å². The molecule has 0 radical (unpaired) electrons. The van der Waals surface area contributed by atoms with Crippen molar-refractivity contribution in [2.24, 2.45) is 0 Å². The summed E-state index contributed by atoms with van der Waals surface area (Å²) in [6.07, 6.45) is 0. The lowest BCUT2D eigenvalue weighted by molar-refractivity contribution is 0.0962. The molecule has 0 unspecified atom stereocenters. The molecule has 4 heteroatoms. The maximum Gasteiger partial charge on any atom is 0.265 e. The van der Waals surface area contributed by atoms with Gasteiger partial charge in [0.05, 0.1) is 21.6 Å². The van der Waals surface area contributed by atoms with Crippen molar-refractivity contribution in [3.8, 4) is 0 Å². The van der Waals surface area contributed by atoms with Crippen LogP contribution in [0.3, 0.4) is 0 Å². The summed E-state index contributed by atoms with van der Waals surface area (Å²) in [4.78, 5) is 17.0. The number of aryl methyl sites for hydroxylation is 1. The Kier molecular flexibility index (Phi) is 2.84. The van der Waals surface area contributed by atoms with Gasteiger partial charge in [0.2, 0.25) is 0 Å². The van der Waals surface area contributed by atoms with Gasteiger partial charge < -0.3 is 0 Å². The molecule has 0 amide bonds. The maximum atomic E-state index is 12.6. The highest BCUT2D eigenvalue weighted by molar-refractivity contribution is 6.34. The zero-order valence-electron chi connectivity index (χ0n) is 10.3. The van der Waals surface area contributed by atoms with Crippen LogP contribution in [0, 0.1) is 6.92 Å². The molecule has 19 heavy (non-hydrogen) atoms. The van der Waals surface area contributed by atoms with E-state index in [2.05, 4.69) is 4.98 Å². The van der Waals surface area contributed by atoms with Gasteiger partial charge in [0.1, 0.15) is 5.82 Å². The van der Waals surface area contributed by atoms with E-state index in [1.165, 1.54) is 0 Å². The molecule has 94 valence electrons. The van der Waals surface area contributed by atoms with Crippen molar-refractivity contribution in [1.82, 2.24) is 9.55 Å². The number of hydrogen-bond acceptors (Lipinski definition) is 2. The minimum absolute atomic E-state index is 0.156. The zero-order chi connectivity index (χ0) is 13.4. The van der Waals surface area contributed by atoms with Crippen LogP contribution in [0.15, 0.2) is 48.5 Å². The van der Waals surface area contributed by atoms with Crippen LogP contribution in [0.2, 0.25) is 5.02 Å². The van der Waals surface area contributed by atoms with Crippen molar-refractivity contribution in [3.05, 3.63) is 64.9 Å². The molecule has 0 fully saturated rings. The summed E-state index contributed by atoms with van der Waals surface area (Å²) in [6, 6.07) is 14.6. The number of carbonyl (C=O) groups is 1. The van der Waals surface area contributed by atoms with Gasteiger partial charge in [-0.05, 0) is 31.2 Å². The van der Waals surface area contributed by atoms with Crippen molar-refractivity contribution in [3.63, 3.8) is 0 Å². The third-order valence-electron chi connectivity index (χ3n) is 3.04. The Morgan fingerprint density at radius 2 is 1.79 bits per heavy atom. The van der Waals surface area contributed by atoms with Gasteiger partial charge in [0.25, 0.3) is 5.91 Å². The minimum Gasteiger partial charge on any atom is -0.268 e. The fraction of sp³-hybridized carbons (Fsp3) is 0.0667. The van der Waals surface area contributed by atoms with E-state index in [0.29, 0.717) is 16.4 Å². The second-order valence-electron chi connectivity index (χ2n) is 4.27. The maximum absolute atomic E-state index is 12.6. The van der Waals surface area contributed by atoms with Gasteiger partial charge in [0, 0.05) is 0 Å². The second kappa shape index (κ2) is 4.52. The molecule has 1 heterocycles. The van der Waals surface area contributed by atoms with Crippen LogP contribution in [0.4, 0.5) is 0 Å². The van der Waals surface area contributed by atoms with E-state index in [1.54, 1.807) is 28.8 Å². The van der Waals surface area contributed by atoms with Crippen molar-refractivity contribution in [1.29, 1.82) is 0 Å². The third-order valence-corrected chi connectivity index (χ3v) is 3.37. The summed E-state index contributed by atoms with van der Waals surface area (Å²) >= 11 is 6.08. The van der Waals surface area contributed by atoms with Crippen molar-refractivity contribution >= 4 is 28.5 Å². The Labute approximate surface area is 115 Å². The molecule has 0 spiro atoms. The molecular weight excluding hydrogens is 260 g/mol. The van der Waals surface area contributed by atoms with Crippen molar-refractivity contribution in [2.75, 3.05) is 0 Å². The summed E-state index contributed by atoms with van der Waals surface area (Å²) in [5.41, 5.74) is 2.08. The first-order valence-corrected chi connectivity index (χ1v) is 6.29. The Morgan fingerprint density at radius 1 is 1.11 bits per heavy atom. The summed E-state index contributed by atoms with van der Waals surface area (Å²) in [5, 5.41) is 0.449. The van der Waals surface area contributed by atoms with Gasteiger partial charge in [-0.15, -0.1) is 0 Å². The number of para-hydroxylation sites is 2. The van der Waals surface area contributed by atoms with Crippen molar-refractivity contribution in [2.45, 2.75) is 6.92 Å². The lowest BCUT2D eigenvalue weighted by Crippen LogP contribution is -2.14. The van der Waals surface area contributed by atoms with Crippen LogP contribution >= 0.6 is 11.6 Å². The van der Waals surface area contributed by atoms with Crippen LogP contribution in [0.25, 0.3) is 11.0 Å². The van der Waals surface area contributed by atoms with Crippen LogP contribution in [-0.4, -0.2) is 15.5 Å². The second-order valence-corrected chi connectivity index (χ2v) is 4.68.